The van der Waals surface area contributed by atoms with Crippen molar-refractivity contribution >= 4 is 5.91 Å². The number of benzene rings is 1. The lowest BCUT2D eigenvalue weighted by Gasteiger charge is -2.32. The second kappa shape index (κ2) is 7.41. The minimum atomic E-state index is -0.398. The molecule has 4 nitrogen and oxygen atoms in total. The third-order valence-corrected chi connectivity index (χ3v) is 3.73. The van der Waals surface area contributed by atoms with E-state index in [4.69, 9.17) is 10.5 Å². The van der Waals surface area contributed by atoms with Crippen LogP contribution in [-0.4, -0.2) is 42.6 Å². The normalized spacial score (nSPS) is 18.0. The number of carbonyl (C=O) groups is 1. The zero-order valence-corrected chi connectivity index (χ0v) is 12.1. The maximum Gasteiger partial charge on any atom is 0.239 e. The molecule has 2 rings (SSSR count). The first kappa shape index (κ1) is 15.0. The SMILES string of the molecule is C[C@@H](N)C(=O)N1CCC(OCCc2ccccc2)CC1. The van der Waals surface area contributed by atoms with Crippen molar-refractivity contribution in [3.63, 3.8) is 0 Å². The Kier molecular flexibility index (Phi) is 5.56. The Hall–Kier alpha value is -1.39. The van der Waals surface area contributed by atoms with Gasteiger partial charge in [0.1, 0.15) is 0 Å². The van der Waals surface area contributed by atoms with Gasteiger partial charge in [0.2, 0.25) is 5.91 Å². The van der Waals surface area contributed by atoms with Crippen LogP contribution in [0.2, 0.25) is 0 Å². The van der Waals surface area contributed by atoms with Crippen LogP contribution in [-0.2, 0) is 16.0 Å². The predicted octanol–water partition coefficient (Wildman–Crippen LogP) is 1.58. The first-order valence-electron chi connectivity index (χ1n) is 7.36. The van der Waals surface area contributed by atoms with E-state index in [1.165, 1.54) is 5.56 Å². The summed E-state index contributed by atoms with van der Waals surface area (Å²) < 4.78 is 5.91. The third kappa shape index (κ3) is 4.32. The fourth-order valence-electron chi connectivity index (χ4n) is 2.52. The Morgan fingerprint density at radius 2 is 2.00 bits per heavy atom. The first-order valence-corrected chi connectivity index (χ1v) is 7.36. The van der Waals surface area contributed by atoms with E-state index >= 15 is 0 Å². The van der Waals surface area contributed by atoms with Gasteiger partial charge in [-0.2, -0.15) is 0 Å². The van der Waals surface area contributed by atoms with Crippen molar-refractivity contribution in [1.29, 1.82) is 0 Å². The molecule has 110 valence electrons. The molecule has 1 aromatic rings. The van der Waals surface area contributed by atoms with Gasteiger partial charge in [-0.1, -0.05) is 30.3 Å². The number of rotatable bonds is 5. The molecule has 1 saturated heterocycles. The second-order valence-corrected chi connectivity index (χ2v) is 5.42. The van der Waals surface area contributed by atoms with E-state index in [9.17, 15) is 4.79 Å². The summed E-state index contributed by atoms with van der Waals surface area (Å²) in [6.45, 7) is 4.01. The van der Waals surface area contributed by atoms with Gasteiger partial charge in [0, 0.05) is 13.1 Å². The molecule has 0 unspecified atom stereocenters. The number of nitrogens with zero attached hydrogens (tertiary/aromatic N) is 1. The molecule has 4 heteroatoms. The van der Waals surface area contributed by atoms with Crippen molar-refractivity contribution in [1.82, 2.24) is 4.90 Å². The third-order valence-electron chi connectivity index (χ3n) is 3.73. The van der Waals surface area contributed by atoms with Crippen molar-refractivity contribution < 1.29 is 9.53 Å². The standard InChI is InChI=1S/C16H24N2O2/c1-13(17)16(19)18-10-7-15(8-11-18)20-12-9-14-5-3-2-4-6-14/h2-6,13,15H,7-12,17H2,1H3/t13-/m1/s1. The topological polar surface area (TPSA) is 55.6 Å². The van der Waals surface area contributed by atoms with Gasteiger partial charge in [0.25, 0.3) is 0 Å². The van der Waals surface area contributed by atoms with Gasteiger partial charge in [0.05, 0.1) is 18.8 Å². The molecular weight excluding hydrogens is 252 g/mol. The van der Waals surface area contributed by atoms with E-state index in [1.807, 2.05) is 23.1 Å². The molecule has 1 heterocycles. The van der Waals surface area contributed by atoms with Crippen LogP contribution in [0.25, 0.3) is 0 Å². The van der Waals surface area contributed by atoms with Crippen molar-refractivity contribution in [2.75, 3.05) is 19.7 Å². The van der Waals surface area contributed by atoms with Gasteiger partial charge in [-0.25, -0.2) is 0 Å². The fourth-order valence-corrected chi connectivity index (χ4v) is 2.52. The lowest BCUT2D eigenvalue weighted by atomic mass is 10.1. The molecule has 2 N–H and O–H groups in total. The van der Waals surface area contributed by atoms with Crippen LogP contribution >= 0.6 is 0 Å². The van der Waals surface area contributed by atoms with Crippen molar-refractivity contribution in [3.05, 3.63) is 35.9 Å². The lowest BCUT2D eigenvalue weighted by molar-refractivity contribution is -0.134. The molecule has 1 aliphatic heterocycles. The van der Waals surface area contributed by atoms with Crippen LogP contribution in [0, 0.1) is 0 Å². The molecule has 1 amide bonds. The number of carbonyl (C=O) groups excluding carboxylic acids is 1. The molecule has 0 aliphatic carbocycles. The minimum Gasteiger partial charge on any atom is -0.378 e. The van der Waals surface area contributed by atoms with Gasteiger partial charge in [-0.05, 0) is 31.7 Å². The predicted molar refractivity (Wildman–Crippen MR) is 79.3 cm³/mol. The number of hydrogen-bond acceptors (Lipinski definition) is 3. The molecule has 0 spiro atoms. The number of likely N-dealkylation sites (tertiary alicyclic amines) is 1. The Morgan fingerprint density at radius 1 is 1.35 bits per heavy atom. The number of nitrogens with two attached hydrogens (primary N) is 1. The van der Waals surface area contributed by atoms with Crippen LogP contribution < -0.4 is 5.73 Å². The molecule has 1 fully saturated rings. The maximum atomic E-state index is 11.8. The van der Waals surface area contributed by atoms with E-state index in [2.05, 4.69) is 12.1 Å². The average molecular weight is 276 g/mol. The largest absolute Gasteiger partial charge is 0.378 e. The number of amides is 1. The highest BCUT2D eigenvalue weighted by Gasteiger charge is 2.24. The maximum absolute atomic E-state index is 11.8. The Bertz CT molecular complexity index is 412. The average Bonchev–Trinajstić information content (AvgIpc) is 2.48. The van der Waals surface area contributed by atoms with Gasteiger partial charge in [-0.15, -0.1) is 0 Å². The Labute approximate surface area is 120 Å². The van der Waals surface area contributed by atoms with Gasteiger partial charge in [-0.3, -0.25) is 4.79 Å². The van der Waals surface area contributed by atoms with Crippen molar-refractivity contribution in [2.45, 2.75) is 38.3 Å². The molecular formula is C16H24N2O2. The zero-order valence-electron chi connectivity index (χ0n) is 12.1. The molecule has 20 heavy (non-hydrogen) atoms. The Morgan fingerprint density at radius 3 is 2.60 bits per heavy atom. The molecule has 0 bridgehead atoms. The summed E-state index contributed by atoms with van der Waals surface area (Å²) in [5.74, 6) is 0.0488. The second-order valence-electron chi connectivity index (χ2n) is 5.42. The molecule has 1 aromatic carbocycles. The first-order chi connectivity index (χ1) is 9.66. The minimum absolute atomic E-state index is 0.0488. The highest BCUT2D eigenvalue weighted by molar-refractivity contribution is 5.81. The Balaban J connectivity index is 1.66. The monoisotopic (exact) mass is 276 g/mol. The smallest absolute Gasteiger partial charge is 0.239 e. The van der Waals surface area contributed by atoms with E-state index in [1.54, 1.807) is 6.92 Å². The summed E-state index contributed by atoms with van der Waals surface area (Å²) in [7, 11) is 0. The number of piperidine rings is 1. The van der Waals surface area contributed by atoms with E-state index in [-0.39, 0.29) is 12.0 Å². The van der Waals surface area contributed by atoms with Gasteiger partial charge < -0.3 is 15.4 Å². The summed E-state index contributed by atoms with van der Waals surface area (Å²) in [5.41, 5.74) is 6.93. The summed E-state index contributed by atoms with van der Waals surface area (Å²) in [6.07, 6.45) is 3.04. The summed E-state index contributed by atoms with van der Waals surface area (Å²) >= 11 is 0. The summed E-state index contributed by atoms with van der Waals surface area (Å²) in [6, 6.07) is 9.96. The van der Waals surface area contributed by atoms with E-state index < -0.39 is 6.04 Å². The van der Waals surface area contributed by atoms with Crippen LogP contribution in [0.3, 0.4) is 0 Å². The van der Waals surface area contributed by atoms with Crippen LogP contribution in [0.15, 0.2) is 30.3 Å². The van der Waals surface area contributed by atoms with Crippen LogP contribution in [0.4, 0.5) is 0 Å². The fraction of sp³-hybridized carbons (Fsp3) is 0.562. The molecule has 0 saturated carbocycles. The summed E-state index contributed by atoms with van der Waals surface area (Å²) in [5, 5.41) is 0. The summed E-state index contributed by atoms with van der Waals surface area (Å²) in [4.78, 5) is 13.6. The van der Waals surface area contributed by atoms with Crippen molar-refractivity contribution in [2.24, 2.45) is 5.73 Å². The van der Waals surface area contributed by atoms with Crippen LogP contribution in [0.5, 0.6) is 0 Å². The zero-order chi connectivity index (χ0) is 14.4. The molecule has 1 atom stereocenters. The van der Waals surface area contributed by atoms with Crippen molar-refractivity contribution in [3.8, 4) is 0 Å². The molecule has 1 aliphatic rings. The molecule has 0 aromatic heterocycles. The highest BCUT2D eigenvalue weighted by Crippen LogP contribution is 2.15. The lowest BCUT2D eigenvalue weighted by Crippen LogP contribution is -2.47. The highest BCUT2D eigenvalue weighted by atomic mass is 16.5. The van der Waals surface area contributed by atoms with E-state index in [0.29, 0.717) is 0 Å². The quantitative estimate of drug-likeness (QED) is 0.888. The van der Waals surface area contributed by atoms with Gasteiger partial charge >= 0.3 is 0 Å². The molecule has 0 radical (unpaired) electrons. The van der Waals surface area contributed by atoms with Crippen LogP contribution in [0.1, 0.15) is 25.3 Å². The van der Waals surface area contributed by atoms with Gasteiger partial charge in [0.15, 0.2) is 0 Å². The van der Waals surface area contributed by atoms with E-state index in [0.717, 1.165) is 39.0 Å². The number of hydrogen-bond donors (Lipinski definition) is 1. The number of ether oxygens (including phenoxy) is 1.